The normalized spacial score (nSPS) is 18.5. The molecule has 208 valence electrons. The highest BCUT2D eigenvalue weighted by molar-refractivity contribution is 5.96. The van der Waals surface area contributed by atoms with Crippen LogP contribution >= 0.6 is 0 Å². The zero-order valence-corrected chi connectivity index (χ0v) is 21.4. The van der Waals surface area contributed by atoms with Crippen LogP contribution in [0.4, 0.5) is 23.2 Å². The van der Waals surface area contributed by atoms with Gasteiger partial charge in [0.25, 0.3) is 5.91 Å². The van der Waals surface area contributed by atoms with Gasteiger partial charge in [-0.3, -0.25) is 9.48 Å². The Balaban J connectivity index is 1.42. The number of nitrogens with zero attached hydrogens (tertiary/aromatic N) is 6. The average molecular weight is 549 g/mol. The molecule has 2 unspecified atom stereocenters. The maximum absolute atomic E-state index is 14.7. The number of piperidine rings is 1. The Morgan fingerprint density at radius 3 is 2.82 bits per heavy atom. The SMILES string of the molecule is CCn1cc(C(=O)NCc2nc(-c3cc4c(NC5CCN(C)CC5F)cccc4n3CC(F)(F)F)no2)cn1. The third-order valence-electron chi connectivity index (χ3n) is 6.69. The highest BCUT2D eigenvalue weighted by Crippen LogP contribution is 2.35. The Labute approximate surface area is 220 Å². The molecule has 1 amide bonds. The maximum atomic E-state index is 14.7. The number of aryl methyl sites for hydroxylation is 1. The third kappa shape index (κ3) is 5.90. The summed E-state index contributed by atoms with van der Waals surface area (Å²) in [7, 11) is 1.85. The summed E-state index contributed by atoms with van der Waals surface area (Å²) in [5.74, 6) is -0.446. The number of hydrogen-bond acceptors (Lipinski definition) is 7. The van der Waals surface area contributed by atoms with Gasteiger partial charge in [-0.2, -0.15) is 23.3 Å². The predicted molar refractivity (Wildman–Crippen MR) is 135 cm³/mol. The van der Waals surface area contributed by atoms with Crippen LogP contribution in [0.25, 0.3) is 22.4 Å². The van der Waals surface area contributed by atoms with E-state index in [0.29, 0.717) is 41.7 Å². The van der Waals surface area contributed by atoms with Gasteiger partial charge in [0.15, 0.2) is 0 Å². The van der Waals surface area contributed by atoms with Crippen molar-refractivity contribution in [2.75, 3.05) is 25.5 Å². The van der Waals surface area contributed by atoms with Crippen LogP contribution in [0.2, 0.25) is 0 Å². The Morgan fingerprint density at radius 2 is 2.10 bits per heavy atom. The van der Waals surface area contributed by atoms with Crippen LogP contribution < -0.4 is 10.6 Å². The zero-order chi connectivity index (χ0) is 27.7. The number of anilines is 1. The molecule has 0 saturated carbocycles. The van der Waals surface area contributed by atoms with Crippen molar-refractivity contribution in [3.63, 3.8) is 0 Å². The fourth-order valence-electron chi connectivity index (χ4n) is 4.71. The van der Waals surface area contributed by atoms with Gasteiger partial charge in [0, 0.05) is 36.9 Å². The lowest BCUT2D eigenvalue weighted by molar-refractivity contribution is -0.139. The molecule has 1 aromatic carbocycles. The summed E-state index contributed by atoms with van der Waals surface area (Å²) in [5, 5.41) is 14.2. The first kappa shape index (κ1) is 26.7. The van der Waals surface area contributed by atoms with E-state index in [1.807, 2.05) is 18.9 Å². The average Bonchev–Trinajstić information content (AvgIpc) is 3.63. The lowest BCUT2D eigenvalue weighted by atomic mass is 10.0. The first-order chi connectivity index (χ1) is 18.6. The summed E-state index contributed by atoms with van der Waals surface area (Å²) in [6.45, 7) is 2.07. The van der Waals surface area contributed by atoms with Gasteiger partial charge in [0.05, 0.1) is 35.6 Å². The van der Waals surface area contributed by atoms with Gasteiger partial charge < -0.3 is 24.6 Å². The van der Waals surface area contributed by atoms with Crippen molar-refractivity contribution < 1.29 is 26.9 Å². The number of hydrogen-bond donors (Lipinski definition) is 2. The molecule has 1 aliphatic rings. The first-order valence-electron chi connectivity index (χ1n) is 12.5. The Kier molecular flexibility index (Phi) is 7.30. The lowest BCUT2D eigenvalue weighted by Gasteiger charge is -2.33. The highest BCUT2D eigenvalue weighted by atomic mass is 19.4. The van der Waals surface area contributed by atoms with Crippen LogP contribution in [-0.2, 0) is 19.6 Å². The van der Waals surface area contributed by atoms with Crippen molar-refractivity contribution in [2.45, 2.75) is 51.4 Å². The van der Waals surface area contributed by atoms with Gasteiger partial charge in [-0.05, 0) is 38.6 Å². The Bertz CT molecular complexity index is 1460. The lowest BCUT2D eigenvalue weighted by Crippen LogP contribution is -2.46. The molecule has 1 fully saturated rings. The molecule has 4 aromatic rings. The largest absolute Gasteiger partial charge is 0.406 e. The van der Waals surface area contributed by atoms with Crippen LogP contribution in [0, 0.1) is 0 Å². The van der Waals surface area contributed by atoms with Gasteiger partial charge in [0.1, 0.15) is 12.7 Å². The minimum absolute atomic E-state index is 0.0231. The number of halogens is 4. The number of carbonyl (C=O) groups is 1. The minimum Gasteiger partial charge on any atom is -0.379 e. The van der Waals surface area contributed by atoms with Crippen molar-refractivity contribution in [2.24, 2.45) is 0 Å². The van der Waals surface area contributed by atoms with Gasteiger partial charge in [-0.1, -0.05) is 11.2 Å². The molecule has 3 aromatic heterocycles. The number of likely N-dealkylation sites (tertiary alicyclic amines) is 1. The summed E-state index contributed by atoms with van der Waals surface area (Å²) in [4.78, 5) is 18.5. The molecule has 14 heteroatoms. The van der Waals surface area contributed by atoms with Crippen LogP contribution in [0.1, 0.15) is 29.6 Å². The van der Waals surface area contributed by atoms with E-state index in [4.69, 9.17) is 4.52 Å². The van der Waals surface area contributed by atoms with E-state index >= 15 is 0 Å². The number of rotatable bonds is 8. The van der Waals surface area contributed by atoms with Crippen molar-refractivity contribution in [1.82, 2.24) is 34.7 Å². The second-order valence-corrected chi connectivity index (χ2v) is 9.57. The minimum atomic E-state index is -4.52. The van der Waals surface area contributed by atoms with E-state index in [0.717, 1.165) is 4.57 Å². The van der Waals surface area contributed by atoms with Gasteiger partial charge >= 0.3 is 6.18 Å². The number of alkyl halides is 4. The quantitative estimate of drug-likeness (QED) is 0.322. The summed E-state index contributed by atoms with van der Waals surface area (Å²) in [6.07, 6.45) is -2.07. The van der Waals surface area contributed by atoms with E-state index in [-0.39, 0.29) is 30.5 Å². The van der Waals surface area contributed by atoms with Crippen LogP contribution in [0.15, 0.2) is 41.2 Å². The van der Waals surface area contributed by atoms with Crippen LogP contribution in [0.5, 0.6) is 0 Å². The number of amides is 1. The second-order valence-electron chi connectivity index (χ2n) is 9.57. The number of aromatic nitrogens is 5. The highest BCUT2D eigenvalue weighted by Gasteiger charge is 2.32. The summed E-state index contributed by atoms with van der Waals surface area (Å²) >= 11 is 0. The molecule has 1 aliphatic heterocycles. The summed E-state index contributed by atoms with van der Waals surface area (Å²) < 4.78 is 63.4. The molecule has 39 heavy (non-hydrogen) atoms. The molecule has 5 rings (SSSR count). The monoisotopic (exact) mass is 548 g/mol. The van der Waals surface area contributed by atoms with Crippen LogP contribution in [0.3, 0.4) is 0 Å². The van der Waals surface area contributed by atoms with E-state index < -0.39 is 30.8 Å². The third-order valence-corrected chi connectivity index (χ3v) is 6.69. The molecule has 0 spiro atoms. The molecular formula is C25H28F4N8O2. The fourth-order valence-corrected chi connectivity index (χ4v) is 4.71. The number of carbonyl (C=O) groups excluding carboxylic acids is 1. The van der Waals surface area contributed by atoms with E-state index in [1.165, 1.54) is 12.3 Å². The predicted octanol–water partition coefficient (Wildman–Crippen LogP) is 3.85. The number of nitrogens with one attached hydrogen (secondary N) is 2. The molecule has 2 atom stereocenters. The molecule has 4 heterocycles. The van der Waals surface area contributed by atoms with Gasteiger partial charge in [-0.15, -0.1) is 0 Å². The van der Waals surface area contributed by atoms with Gasteiger partial charge in [-0.25, -0.2) is 4.39 Å². The molecule has 0 radical (unpaired) electrons. The molecule has 0 aliphatic carbocycles. The summed E-state index contributed by atoms with van der Waals surface area (Å²) in [5.41, 5.74) is 1.25. The van der Waals surface area contributed by atoms with Crippen molar-refractivity contribution >= 4 is 22.5 Å². The Hall–Kier alpha value is -3.94. The van der Waals surface area contributed by atoms with E-state index in [2.05, 4.69) is 25.9 Å². The Morgan fingerprint density at radius 1 is 1.28 bits per heavy atom. The van der Waals surface area contributed by atoms with Gasteiger partial charge in [0.2, 0.25) is 11.7 Å². The van der Waals surface area contributed by atoms with Crippen LogP contribution in [-0.4, -0.2) is 73.8 Å². The van der Waals surface area contributed by atoms with Crippen molar-refractivity contribution in [3.05, 3.63) is 48.1 Å². The fraction of sp³-hybridized carbons (Fsp3) is 0.440. The molecular weight excluding hydrogens is 520 g/mol. The number of benzene rings is 1. The van der Waals surface area contributed by atoms with Crippen molar-refractivity contribution in [1.29, 1.82) is 0 Å². The molecule has 0 bridgehead atoms. The zero-order valence-electron chi connectivity index (χ0n) is 21.4. The second kappa shape index (κ2) is 10.7. The maximum Gasteiger partial charge on any atom is 0.406 e. The van der Waals surface area contributed by atoms with Crippen molar-refractivity contribution in [3.8, 4) is 11.5 Å². The number of fused-ring (bicyclic) bond motifs is 1. The van der Waals surface area contributed by atoms with E-state index in [9.17, 15) is 22.4 Å². The summed E-state index contributed by atoms with van der Waals surface area (Å²) in [6, 6.07) is 5.98. The molecule has 2 N–H and O–H groups in total. The smallest absolute Gasteiger partial charge is 0.379 e. The standard InChI is InChI=1S/C25H28F4N8O2/c1-3-36-12-15(10-31-36)24(38)30-11-22-33-23(34-39-22)21-9-16-18(32-19-7-8-35(2)13-17(19)26)5-4-6-20(16)37(21)14-25(27,28)29/h4-6,9-10,12,17,19,32H,3,7-8,11,13-14H2,1-2H3,(H,30,38). The molecule has 10 nitrogen and oxygen atoms in total. The van der Waals surface area contributed by atoms with E-state index in [1.54, 1.807) is 29.1 Å². The first-order valence-corrected chi connectivity index (χ1v) is 12.5. The topological polar surface area (TPSA) is 106 Å². The molecule has 1 saturated heterocycles.